The van der Waals surface area contributed by atoms with Crippen LogP contribution in [0.2, 0.25) is 0 Å². The Morgan fingerprint density at radius 1 is 1.00 bits per heavy atom. The van der Waals surface area contributed by atoms with E-state index in [-0.39, 0.29) is 0 Å². The van der Waals surface area contributed by atoms with Crippen LogP contribution in [0.5, 0.6) is 0 Å². The van der Waals surface area contributed by atoms with Crippen LogP contribution in [0.1, 0.15) is 15.9 Å². The SMILES string of the molecule is NC(Cc1c[nH]c2ccccc12)C(=O)O.O=C(O)c1ccccc1. The first-order valence-corrected chi connectivity index (χ1v) is 7.30. The standard InChI is InChI=1S/C11H12N2O2.C7H6O2/c12-9(11(14)15)5-7-6-13-10-4-2-1-3-8(7)10;8-7(9)6-4-2-1-3-5-6/h1-4,6,9,13H,5,12H2,(H,14,15);1-5H,(H,8,9). The van der Waals surface area contributed by atoms with Crippen LogP contribution < -0.4 is 5.73 Å². The van der Waals surface area contributed by atoms with E-state index in [2.05, 4.69) is 4.98 Å². The second-order valence-corrected chi connectivity index (χ2v) is 5.18. The highest BCUT2D eigenvalue weighted by Gasteiger charge is 2.14. The smallest absolute Gasteiger partial charge is 0.335 e. The van der Waals surface area contributed by atoms with E-state index in [0.717, 1.165) is 16.5 Å². The molecule has 0 radical (unpaired) electrons. The van der Waals surface area contributed by atoms with Gasteiger partial charge in [0.2, 0.25) is 0 Å². The van der Waals surface area contributed by atoms with Gasteiger partial charge in [-0.2, -0.15) is 0 Å². The molecule has 1 atom stereocenters. The summed E-state index contributed by atoms with van der Waals surface area (Å²) in [6, 6.07) is 15.2. The third-order valence-electron chi connectivity index (χ3n) is 3.45. The van der Waals surface area contributed by atoms with Gasteiger partial charge in [-0.25, -0.2) is 4.79 Å². The Balaban J connectivity index is 0.000000198. The number of carboxylic acids is 2. The van der Waals surface area contributed by atoms with E-state index in [1.54, 1.807) is 30.3 Å². The topological polar surface area (TPSA) is 116 Å². The molecule has 0 fully saturated rings. The van der Waals surface area contributed by atoms with Gasteiger partial charge in [-0.05, 0) is 23.8 Å². The summed E-state index contributed by atoms with van der Waals surface area (Å²) in [6.07, 6.45) is 2.16. The number of aliphatic carboxylic acids is 1. The summed E-state index contributed by atoms with van der Waals surface area (Å²) in [5.41, 5.74) is 7.77. The number of aromatic nitrogens is 1. The van der Waals surface area contributed by atoms with E-state index >= 15 is 0 Å². The minimum atomic E-state index is -0.972. The summed E-state index contributed by atoms with van der Waals surface area (Å²) in [6.45, 7) is 0. The van der Waals surface area contributed by atoms with Crippen molar-refractivity contribution in [2.75, 3.05) is 0 Å². The minimum Gasteiger partial charge on any atom is -0.480 e. The molecule has 3 rings (SSSR count). The molecule has 6 nitrogen and oxygen atoms in total. The minimum absolute atomic E-state index is 0.331. The predicted molar refractivity (Wildman–Crippen MR) is 91.0 cm³/mol. The van der Waals surface area contributed by atoms with Gasteiger partial charge in [0.25, 0.3) is 0 Å². The van der Waals surface area contributed by atoms with Gasteiger partial charge >= 0.3 is 11.9 Å². The molecule has 1 aromatic heterocycles. The first kappa shape index (κ1) is 17.2. The van der Waals surface area contributed by atoms with Crippen molar-refractivity contribution in [3.05, 3.63) is 71.9 Å². The molecule has 0 saturated carbocycles. The second kappa shape index (κ2) is 7.94. The number of para-hydroxylation sites is 1. The zero-order chi connectivity index (χ0) is 17.5. The molecule has 0 aliphatic carbocycles. The number of carboxylic acid groups (broad SMARTS) is 2. The van der Waals surface area contributed by atoms with Crippen molar-refractivity contribution >= 4 is 22.8 Å². The maximum atomic E-state index is 10.6. The number of hydrogen-bond donors (Lipinski definition) is 4. The van der Waals surface area contributed by atoms with Gasteiger partial charge in [-0.3, -0.25) is 4.79 Å². The lowest BCUT2D eigenvalue weighted by molar-refractivity contribution is -0.138. The Kier molecular flexibility index (Phi) is 5.70. The van der Waals surface area contributed by atoms with Crippen molar-refractivity contribution in [1.82, 2.24) is 4.98 Å². The van der Waals surface area contributed by atoms with Crippen molar-refractivity contribution in [1.29, 1.82) is 0 Å². The summed E-state index contributed by atoms with van der Waals surface area (Å²) in [5.74, 6) is -1.85. The van der Waals surface area contributed by atoms with Gasteiger partial charge in [0.1, 0.15) is 6.04 Å². The molecule has 0 aliphatic heterocycles. The summed E-state index contributed by atoms with van der Waals surface area (Å²) in [5, 5.41) is 18.1. The largest absolute Gasteiger partial charge is 0.480 e. The number of nitrogens with one attached hydrogen (secondary N) is 1. The number of H-pyrrole nitrogens is 1. The summed E-state index contributed by atoms with van der Waals surface area (Å²) in [4.78, 5) is 23.9. The van der Waals surface area contributed by atoms with E-state index in [1.807, 2.05) is 30.5 Å². The first-order chi connectivity index (χ1) is 11.5. The summed E-state index contributed by atoms with van der Waals surface area (Å²) in [7, 11) is 0. The number of rotatable bonds is 4. The Labute approximate surface area is 138 Å². The molecule has 0 amide bonds. The van der Waals surface area contributed by atoms with Crippen molar-refractivity contribution in [2.24, 2.45) is 5.73 Å². The number of nitrogens with two attached hydrogens (primary N) is 1. The van der Waals surface area contributed by atoms with Gasteiger partial charge in [0.05, 0.1) is 5.56 Å². The lowest BCUT2D eigenvalue weighted by atomic mass is 10.1. The Hall–Kier alpha value is -3.12. The normalized spacial score (nSPS) is 11.4. The molecule has 1 unspecified atom stereocenters. The van der Waals surface area contributed by atoms with Crippen molar-refractivity contribution < 1.29 is 19.8 Å². The van der Waals surface area contributed by atoms with E-state index in [0.29, 0.717) is 12.0 Å². The predicted octanol–water partition coefficient (Wildman–Crippen LogP) is 2.51. The van der Waals surface area contributed by atoms with Crippen LogP contribution in [0, 0.1) is 0 Å². The highest BCUT2D eigenvalue weighted by Crippen LogP contribution is 2.18. The fraction of sp³-hybridized carbons (Fsp3) is 0.111. The third kappa shape index (κ3) is 4.44. The molecule has 6 heteroatoms. The van der Waals surface area contributed by atoms with Gasteiger partial charge in [0.15, 0.2) is 0 Å². The number of hydrogen-bond acceptors (Lipinski definition) is 3. The maximum absolute atomic E-state index is 10.6. The number of carbonyl (C=O) groups is 2. The van der Waals surface area contributed by atoms with Crippen molar-refractivity contribution in [3.8, 4) is 0 Å². The van der Waals surface area contributed by atoms with Crippen LogP contribution in [0.4, 0.5) is 0 Å². The van der Waals surface area contributed by atoms with Crippen LogP contribution in [0.3, 0.4) is 0 Å². The Morgan fingerprint density at radius 3 is 2.21 bits per heavy atom. The van der Waals surface area contributed by atoms with Crippen LogP contribution in [0.15, 0.2) is 60.8 Å². The molecule has 0 bridgehead atoms. The average Bonchev–Trinajstić information content (AvgIpc) is 2.99. The molecule has 1 heterocycles. The highest BCUT2D eigenvalue weighted by molar-refractivity contribution is 5.87. The van der Waals surface area contributed by atoms with Crippen LogP contribution >= 0.6 is 0 Å². The zero-order valence-corrected chi connectivity index (χ0v) is 12.8. The van der Waals surface area contributed by atoms with E-state index in [1.165, 1.54) is 0 Å². The van der Waals surface area contributed by atoms with E-state index < -0.39 is 18.0 Å². The molecule has 0 spiro atoms. The quantitative estimate of drug-likeness (QED) is 0.588. The zero-order valence-electron chi connectivity index (χ0n) is 12.8. The fourth-order valence-corrected chi connectivity index (χ4v) is 2.21. The number of fused-ring (bicyclic) bond motifs is 1. The average molecular weight is 326 g/mol. The number of benzene rings is 2. The second-order valence-electron chi connectivity index (χ2n) is 5.18. The summed E-state index contributed by atoms with van der Waals surface area (Å²) >= 11 is 0. The fourth-order valence-electron chi connectivity index (χ4n) is 2.21. The Bertz CT molecular complexity index is 827. The number of aromatic carboxylic acids is 1. The van der Waals surface area contributed by atoms with E-state index in [9.17, 15) is 9.59 Å². The van der Waals surface area contributed by atoms with E-state index in [4.69, 9.17) is 15.9 Å². The van der Waals surface area contributed by atoms with Crippen LogP contribution in [0.25, 0.3) is 10.9 Å². The Morgan fingerprint density at radius 2 is 1.62 bits per heavy atom. The molecule has 5 N–H and O–H groups in total. The molecule has 24 heavy (non-hydrogen) atoms. The summed E-state index contributed by atoms with van der Waals surface area (Å²) < 4.78 is 0. The lowest BCUT2D eigenvalue weighted by Gasteiger charge is -2.04. The van der Waals surface area contributed by atoms with Crippen LogP contribution in [-0.2, 0) is 11.2 Å². The van der Waals surface area contributed by atoms with Crippen molar-refractivity contribution in [3.63, 3.8) is 0 Å². The maximum Gasteiger partial charge on any atom is 0.335 e. The van der Waals surface area contributed by atoms with Crippen molar-refractivity contribution in [2.45, 2.75) is 12.5 Å². The van der Waals surface area contributed by atoms with Crippen LogP contribution in [-0.4, -0.2) is 33.2 Å². The van der Waals surface area contributed by atoms with Gasteiger partial charge in [-0.15, -0.1) is 0 Å². The monoisotopic (exact) mass is 326 g/mol. The van der Waals surface area contributed by atoms with Gasteiger partial charge in [-0.1, -0.05) is 36.4 Å². The molecular weight excluding hydrogens is 308 g/mol. The molecule has 0 aliphatic rings. The lowest BCUT2D eigenvalue weighted by Crippen LogP contribution is -2.32. The highest BCUT2D eigenvalue weighted by atomic mass is 16.4. The van der Waals surface area contributed by atoms with Gasteiger partial charge < -0.3 is 20.9 Å². The molecule has 0 saturated heterocycles. The van der Waals surface area contributed by atoms with Gasteiger partial charge in [0, 0.05) is 23.5 Å². The molecular formula is C18H18N2O4. The number of aromatic amines is 1. The molecule has 124 valence electrons. The molecule has 3 aromatic rings. The molecule has 2 aromatic carbocycles. The third-order valence-corrected chi connectivity index (χ3v) is 3.45. The first-order valence-electron chi connectivity index (χ1n) is 7.30.